The average molecular weight is 328 g/mol. The largest absolute Gasteiger partial charge is 0.495 e. The molecule has 0 spiro atoms. The second-order valence-electron chi connectivity index (χ2n) is 6.07. The van der Waals surface area contributed by atoms with Gasteiger partial charge < -0.3 is 14.5 Å². The number of carbonyl (C=O) groups excluding carboxylic acids is 1. The molecule has 2 aromatic rings. The summed E-state index contributed by atoms with van der Waals surface area (Å²) in [5, 5.41) is 4.23. The number of aromatic nitrogens is 2. The summed E-state index contributed by atoms with van der Waals surface area (Å²) in [7, 11) is 1.69. The summed E-state index contributed by atoms with van der Waals surface area (Å²) < 4.78 is 7.26. The van der Waals surface area contributed by atoms with Crippen molar-refractivity contribution in [3.05, 3.63) is 42.2 Å². The highest BCUT2D eigenvalue weighted by molar-refractivity contribution is 5.76. The van der Waals surface area contributed by atoms with Gasteiger partial charge in [-0.3, -0.25) is 9.48 Å². The fourth-order valence-corrected chi connectivity index (χ4v) is 3.05. The van der Waals surface area contributed by atoms with Crippen molar-refractivity contribution in [2.75, 3.05) is 38.2 Å². The second-order valence-corrected chi connectivity index (χ2v) is 6.07. The molecule has 0 aliphatic carbocycles. The van der Waals surface area contributed by atoms with E-state index in [1.54, 1.807) is 7.11 Å². The Bertz CT molecular complexity index is 690. The molecule has 3 rings (SSSR count). The molecular weight excluding hydrogens is 304 g/mol. The zero-order valence-electron chi connectivity index (χ0n) is 14.3. The SMILES string of the molecule is COc1ccccc1N1CCN(C(=O)CCn2cc(C)cn2)CC1. The fraction of sp³-hybridized carbons (Fsp3) is 0.444. The van der Waals surface area contributed by atoms with Gasteiger partial charge in [-0.2, -0.15) is 5.10 Å². The Morgan fingerprint density at radius 2 is 1.96 bits per heavy atom. The first-order chi connectivity index (χ1) is 11.7. The number of amides is 1. The van der Waals surface area contributed by atoms with E-state index in [1.807, 2.05) is 47.1 Å². The smallest absolute Gasteiger partial charge is 0.224 e. The number of rotatable bonds is 5. The number of piperazine rings is 1. The quantitative estimate of drug-likeness (QED) is 0.842. The van der Waals surface area contributed by atoms with E-state index in [4.69, 9.17) is 4.74 Å². The fourth-order valence-electron chi connectivity index (χ4n) is 3.05. The number of nitrogens with zero attached hydrogens (tertiary/aromatic N) is 4. The van der Waals surface area contributed by atoms with Crippen LogP contribution >= 0.6 is 0 Å². The normalized spacial score (nSPS) is 14.8. The monoisotopic (exact) mass is 328 g/mol. The lowest BCUT2D eigenvalue weighted by Gasteiger charge is -2.36. The molecule has 0 unspecified atom stereocenters. The van der Waals surface area contributed by atoms with E-state index in [0.717, 1.165) is 43.2 Å². The first-order valence-corrected chi connectivity index (χ1v) is 8.32. The summed E-state index contributed by atoms with van der Waals surface area (Å²) in [6.45, 7) is 5.78. The number of carbonyl (C=O) groups is 1. The maximum Gasteiger partial charge on any atom is 0.224 e. The molecule has 1 saturated heterocycles. The Labute approximate surface area is 142 Å². The second kappa shape index (κ2) is 7.38. The highest BCUT2D eigenvalue weighted by Gasteiger charge is 2.22. The minimum Gasteiger partial charge on any atom is -0.495 e. The lowest BCUT2D eigenvalue weighted by molar-refractivity contribution is -0.131. The maximum atomic E-state index is 12.4. The molecule has 1 aliphatic heterocycles. The van der Waals surface area contributed by atoms with Crippen LogP contribution in [0.3, 0.4) is 0 Å². The van der Waals surface area contributed by atoms with Crippen LogP contribution in [0, 0.1) is 6.92 Å². The molecule has 1 aromatic heterocycles. The molecule has 1 aromatic carbocycles. The van der Waals surface area contributed by atoms with Crippen molar-refractivity contribution in [2.24, 2.45) is 0 Å². The third-order valence-corrected chi connectivity index (χ3v) is 4.38. The van der Waals surface area contributed by atoms with E-state index in [9.17, 15) is 4.79 Å². The lowest BCUT2D eigenvalue weighted by atomic mass is 10.2. The number of hydrogen-bond donors (Lipinski definition) is 0. The number of methoxy groups -OCH3 is 1. The third kappa shape index (κ3) is 3.69. The van der Waals surface area contributed by atoms with Crippen molar-refractivity contribution < 1.29 is 9.53 Å². The third-order valence-electron chi connectivity index (χ3n) is 4.38. The van der Waals surface area contributed by atoms with Gasteiger partial charge in [0.25, 0.3) is 0 Å². The van der Waals surface area contributed by atoms with Gasteiger partial charge in [0.15, 0.2) is 0 Å². The van der Waals surface area contributed by atoms with Crippen LogP contribution in [0.25, 0.3) is 0 Å². The molecule has 1 fully saturated rings. The number of para-hydroxylation sites is 2. The van der Waals surface area contributed by atoms with Gasteiger partial charge in [-0.05, 0) is 24.6 Å². The van der Waals surface area contributed by atoms with Gasteiger partial charge in [0, 0.05) is 45.3 Å². The zero-order chi connectivity index (χ0) is 16.9. The van der Waals surface area contributed by atoms with Gasteiger partial charge in [0.1, 0.15) is 5.75 Å². The van der Waals surface area contributed by atoms with Crippen molar-refractivity contribution in [3.8, 4) is 5.75 Å². The maximum absolute atomic E-state index is 12.4. The highest BCUT2D eigenvalue weighted by Crippen LogP contribution is 2.28. The van der Waals surface area contributed by atoms with Crippen molar-refractivity contribution >= 4 is 11.6 Å². The molecule has 0 bridgehead atoms. The molecular formula is C18H24N4O2. The van der Waals surface area contributed by atoms with E-state index >= 15 is 0 Å². The molecule has 6 nitrogen and oxygen atoms in total. The van der Waals surface area contributed by atoms with Crippen LogP contribution < -0.4 is 9.64 Å². The summed E-state index contributed by atoms with van der Waals surface area (Å²) >= 11 is 0. The Balaban J connectivity index is 1.52. The van der Waals surface area contributed by atoms with Gasteiger partial charge >= 0.3 is 0 Å². The predicted octanol–water partition coefficient (Wildman–Crippen LogP) is 1.94. The topological polar surface area (TPSA) is 50.6 Å². The molecule has 0 atom stereocenters. The first-order valence-electron chi connectivity index (χ1n) is 8.32. The summed E-state index contributed by atoms with van der Waals surface area (Å²) in [4.78, 5) is 16.6. The molecule has 0 radical (unpaired) electrons. The number of hydrogen-bond acceptors (Lipinski definition) is 4. The van der Waals surface area contributed by atoms with E-state index in [1.165, 1.54) is 0 Å². The number of aryl methyl sites for hydroxylation is 2. The molecule has 6 heteroatoms. The van der Waals surface area contributed by atoms with E-state index in [2.05, 4.69) is 16.1 Å². The average Bonchev–Trinajstić information content (AvgIpc) is 3.05. The van der Waals surface area contributed by atoms with E-state index in [0.29, 0.717) is 13.0 Å². The van der Waals surface area contributed by atoms with Crippen LogP contribution in [0.1, 0.15) is 12.0 Å². The number of anilines is 1. The standard InChI is InChI=1S/C18H24N4O2/c1-15-13-19-22(14-15)8-7-18(23)21-11-9-20(10-12-21)16-5-3-4-6-17(16)24-2/h3-6,13-14H,7-12H2,1-2H3. The van der Waals surface area contributed by atoms with Crippen molar-refractivity contribution in [1.82, 2.24) is 14.7 Å². The highest BCUT2D eigenvalue weighted by atomic mass is 16.5. The summed E-state index contributed by atoms with van der Waals surface area (Å²) in [6.07, 6.45) is 4.28. The Hall–Kier alpha value is -2.50. The number of benzene rings is 1. The van der Waals surface area contributed by atoms with Gasteiger partial charge in [0.2, 0.25) is 5.91 Å². The van der Waals surface area contributed by atoms with Gasteiger partial charge in [0.05, 0.1) is 19.0 Å². The number of ether oxygens (including phenoxy) is 1. The Morgan fingerprint density at radius 1 is 1.21 bits per heavy atom. The summed E-state index contributed by atoms with van der Waals surface area (Å²) in [5.74, 6) is 1.08. The van der Waals surface area contributed by atoms with Crippen LogP contribution in [0.2, 0.25) is 0 Å². The molecule has 128 valence electrons. The minimum atomic E-state index is 0.197. The first kappa shape index (κ1) is 16.4. The van der Waals surface area contributed by atoms with Crippen LogP contribution in [0.15, 0.2) is 36.7 Å². The van der Waals surface area contributed by atoms with Crippen LogP contribution in [-0.2, 0) is 11.3 Å². The summed E-state index contributed by atoms with van der Waals surface area (Å²) in [6, 6.07) is 8.02. The van der Waals surface area contributed by atoms with Gasteiger partial charge in [-0.25, -0.2) is 0 Å². The van der Waals surface area contributed by atoms with Crippen LogP contribution in [0.5, 0.6) is 5.75 Å². The van der Waals surface area contributed by atoms with Gasteiger partial charge in [-0.15, -0.1) is 0 Å². The van der Waals surface area contributed by atoms with E-state index < -0.39 is 0 Å². The molecule has 1 aliphatic rings. The molecule has 1 amide bonds. The van der Waals surface area contributed by atoms with Crippen molar-refractivity contribution in [3.63, 3.8) is 0 Å². The Morgan fingerprint density at radius 3 is 2.62 bits per heavy atom. The van der Waals surface area contributed by atoms with Gasteiger partial charge in [-0.1, -0.05) is 12.1 Å². The van der Waals surface area contributed by atoms with Crippen LogP contribution in [0.4, 0.5) is 5.69 Å². The van der Waals surface area contributed by atoms with Crippen molar-refractivity contribution in [2.45, 2.75) is 19.9 Å². The summed E-state index contributed by atoms with van der Waals surface area (Å²) in [5.41, 5.74) is 2.21. The molecule has 0 saturated carbocycles. The molecule has 24 heavy (non-hydrogen) atoms. The molecule has 2 heterocycles. The Kier molecular flexibility index (Phi) is 5.03. The van der Waals surface area contributed by atoms with Crippen LogP contribution in [-0.4, -0.2) is 53.9 Å². The molecule has 0 N–H and O–H groups in total. The van der Waals surface area contributed by atoms with Crippen molar-refractivity contribution in [1.29, 1.82) is 0 Å². The predicted molar refractivity (Wildman–Crippen MR) is 93.4 cm³/mol. The minimum absolute atomic E-state index is 0.197. The van der Waals surface area contributed by atoms with E-state index in [-0.39, 0.29) is 5.91 Å². The zero-order valence-corrected chi connectivity index (χ0v) is 14.3. The lowest BCUT2D eigenvalue weighted by Crippen LogP contribution is -2.49.